The van der Waals surface area contributed by atoms with Gasteiger partial charge in [-0.3, -0.25) is 4.72 Å². The van der Waals surface area contributed by atoms with E-state index in [-0.39, 0.29) is 0 Å². The van der Waals surface area contributed by atoms with Crippen LogP contribution in [0.25, 0.3) is 0 Å². The van der Waals surface area contributed by atoms with Crippen LogP contribution in [0.3, 0.4) is 0 Å². The zero-order chi connectivity index (χ0) is 21.0. The number of rotatable bonds is 14. The summed E-state index contributed by atoms with van der Waals surface area (Å²) in [6, 6.07) is 10.9. The highest BCUT2D eigenvalue weighted by Gasteiger charge is 2.19. The Morgan fingerprint density at radius 2 is 1.45 bits per heavy atom. The maximum absolute atomic E-state index is 12.9. The van der Waals surface area contributed by atoms with E-state index in [1.807, 2.05) is 25.1 Å². The minimum absolute atomic E-state index is 0.362. The van der Waals surface area contributed by atoms with Gasteiger partial charge in [0.05, 0.1) is 4.90 Å². The van der Waals surface area contributed by atoms with Gasteiger partial charge in [-0.2, -0.15) is 0 Å². The lowest BCUT2D eigenvalue weighted by Gasteiger charge is -2.13. The van der Waals surface area contributed by atoms with Crippen LogP contribution in [-0.4, -0.2) is 13.4 Å². The summed E-state index contributed by atoms with van der Waals surface area (Å²) in [5.74, 6) is 0.390. The van der Waals surface area contributed by atoms with Crippen LogP contribution in [0.2, 0.25) is 0 Å². The second-order valence-corrected chi connectivity index (χ2v) is 9.46. The number of unbranched alkanes of at least 4 members (excludes halogenated alkanes) is 9. The number of anilines is 1. The molecule has 0 saturated heterocycles. The molecule has 5 heteroatoms. The lowest BCUT2D eigenvalue weighted by molar-refractivity contribution is 0.555. The highest BCUT2D eigenvalue weighted by Crippen LogP contribution is 2.22. The van der Waals surface area contributed by atoms with Crippen molar-refractivity contribution in [3.05, 3.63) is 53.7 Å². The first-order chi connectivity index (χ1) is 14.0. The lowest BCUT2D eigenvalue weighted by Crippen LogP contribution is -2.16. The molecule has 1 aromatic carbocycles. The van der Waals surface area contributed by atoms with E-state index in [0.717, 1.165) is 30.4 Å². The van der Waals surface area contributed by atoms with Crippen LogP contribution in [0.4, 0.5) is 5.82 Å². The van der Waals surface area contributed by atoms with Gasteiger partial charge in [-0.1, -0.05) is 89.0 Å². The zero-order valence-corrected chi connectivity index (χ0v) is 18.8. The van der Waals surface area contributed by atoms with Gasteiger partial charge < -0.3 is 0 Å². The van der Waals surface area contributed by atoms with Gasteiger partial charge >= 0.3 is 0 Å². The van der Waals surface area contributed by atoms with E-state index in [4.69, 9.17) is 0 Å². The molecule has 0 fully saturated rings. The first-order valence-electron chi connectivity index (χ1n) is 11.1. The van der Waals surface area contributed by atoms with E-state index in [1.54, 1.807) is 24.4 Å². The summed E-state index contributed by atoms with van der Waals surface area (Å²) in [4.78, 5) is 4.52. The quantitative estimate of drug-likeness (QED) is 0.351. The van der Waals surface area contributed by atoms with Gasteiger partial charge in [-0.25, -0.2) is 13.4 Å². The van der Waals surface area contributed by atoms with Gasteiger partial charge in [0.15, 0.2) is 0 Å². The first-order valence-corrected chi connectivity index (χ1v) is 12.5. The van der Waals surface area contributed by atoms with Gasteiger partial charge in [0.25, 0.3) is 10.0 Å². The minimum Gasteiger partial charge on any atom is -0.263 e. The highest BCUT2D eigenvalue weighted by molar-refractivity contribution is 7.92. The molecule has 0 atom stereocenters. The van der Waals surface area contributed by atoms with Crippen molar-refractivity contribution in [2.75, 3.05) is 4.72 Å². The Kier molecular flexibility index (Phi) is 10.2. The highest BCUT2D eigenvalue weighted by atomic mass is 32.2. The van der Waals surface area contributed by atoms with Crippen LogP contribution in [0.5, 0.6) is 0 Å². The average molecular weight is 417 g/mol. The van der Waals surface area contributed by atoms with Crippen molar-refractivity contribution in [1.29, 1.82) is 0 Å². The van der Waals surface area contributed by atoms with Crippen LogP contribution in [0.15, 0.2) is 47.5 Å². The van der Waals surface area contributed by atoms with E-state index >= 15 is 0 Å². The molecule has 2 rings (SSSR count). The molecule has 1 N–H and O–H groups in total. The molecule has 2 aromatic rings. The third-order valence-corrected chi connectivity index (χ3v) is 6.74. The third kappa shape index (κ3) is 8.17. The summed E-state index contributed by atoms with van der Waals surface area (Å²) in [6.07, 6.45) is 15.1. The number of benzene rings is 1. The Hall–Kier alpha value is -1.88. The van der Waals surface area contributed by atoms with Crippen molar-refractivity contribution in [3.8, 4) is 0 Å². The van der Waals surface area contributed by atoms with Gasteiger partial charge in [-0.15, -0.1) is 0 Å². The zero-order valence-electron chi connectivity index (χ0n) is 18.0. The van der Waals surface area contributed by atoms with Gasteiger partial charge in [0.1, 0.15) is 5.82 Å². The summed E-state index contributed by atoms with van der Waals surface area (Å²) >= 11 is 0. The largest absolute Gasteiger partial charge is 0.263 e. The number of pyridine rings is 1. The smallest absolute Gasteiger partial charge is 0.263 e. The topological polar surface area (TPSA) is 59.1 Å². The molecule has 0 saturated carbocycles. The van der Waals surface area contributed by atoms with Crippen LogP contribution in [-0.2, 0) is 16.4 Å². The van der Waals surface area contributed by atoms with Gasteiger partial charge in [-0.05, 0) is 43.0 Å². The van der Waals surface area contributed by atoms with Gasteiger partial charge in [0.2, 0.25) is 0 Å². The van der Waals surface area contributed by atoms with Crippen molar-refractivity contribution in [3.63, 3.8) is 0 Å². The molecule has 0 spiro atoms. The minimum atomic E-state index is -3.64. The molecular weight excluding hydrogens is 380 g/mol. The van der Waals surface area contributed by atoms with E-state index in [9.17, 15) is 8.42 Å². The fraction of sp³-hybridized carbons (Fsp3) is 0.542. The van der Waals surface area contributed by atoms with Crippen molar-refractivity contribution in [1.82, 2.24) is 4.98 Å². The van der Waals surface area contributed by atoms with E-state index in [1.165, 1.54) is 51.4 Å². The lowest BCUT2D eigenvalue weighted by atomic mass is 10.0. The number of nitrogens with zero attached hydrogens (tertiary/aromatic N) is 1. The predicted octanol–water partition coefficient (Wildman–Crippen LogP) is 6.65. The predicted molar refractivity (Wildman–Crippen MR) is 122 cm³/mol. The van der Waals surface area contributed by atoms with E-state index < -0.39 is 10.0 Å². The first kappa shape index (κ1) is 23.4. The molecule has 1 aromatic heterocycles. The summed E-state index contributed by atoms with van der Waals surface area (Å²) in [5, 5.41) is 0. The molecule has 0 aliphatic rings. The van der Waals surface area contributed by atoms with Crippen molar-refractivity contribution < 1.29 is 8.42 Å². The monoisotopic (exact) mass is 416 g/mol. The maximum Gasteiger partial charge on any atom is 0.263 e. The SMILES string of the molecule is CCCCCCCCCCCCc1ccccc1S(=O)(=O)Nc1ncccc1C. The summed E-state index contributed by atoms with van der Waals surface area (Å²) < 4.78 is 28.5. The van der Waals surface area contributed by atoms with Crippen molar-refractivity contribution >= 4 is 15.8 Å². The second-order valence-electron chi connectivity index (χ2n) is 7.81. The summed E-state index contributed by atoms with van der Waals surface area (Å²) in [6.45, 7) is 4.10. The molecule has 0 radical (unpaired) electrons. The fourth-order valence-electron chi connectivity index (χ4n) is 3.55. The normalized spacial score (nSPS) is 11.5. The number of aryl methyl sites for hydroxylation is 2. The van der Waals surface area contributed by atoms with E-state index in [0.29, 0.717) is 10.7 Å². The van der Waals surface area contributed by atoms with Crippen molar-refractivity contribution in [2.45, 2.75) is 89.4 Å². The molecule has 0 aliphatic carbocycles. The molecular formula is C24H36N2O2S. The molecule has 0 unspecified atom stereocenters. The molecule has 0 amide bonds. The van der Waals surface area contributed by atoms with Crippen molar-refractivity contribution in [2.24, 2.45) is 0 Å². The molecule has 160 valence electrons. The molecule has 4 nitrogen and oxygen atoms in total. The number of sulfonamides is 1. The number of hydrogen-bond acceptors (Lipinski definition) is 3. The van der Waals surface area contributed by atoms with Crippen LogP contribution >= 0.6 is 0 Å². The maximum atomic E-state index is 12.9. The van der Waals surface area contributed by atoms with Gasteiger partial charge in [0, 0.05) is 6.20 Å². The van der Waals surface area contributed by atoms with E-state index in [2.05, 4.69) is 16.6 Å². The Bertz CT molecular complexity index is 834. The molecule has 0 aliphatic heterocycles. The van der Waals surface area contributed by atoms with Crippen LogP contribution in [0, 0.1) is 6.92 Å². The average Bonchev–Trinajstić information content (AvgIpc) is 2.71. The Morgan fingerprint density at radius 1 is 0.828 bits per heavy atom. The fourth-order valence-corrected chi connectivity index (χ4v) is 4.90. The molecule has 0 bridgehead atoms. The van der Waals surface area contributed by atoms with Crippen LogP contribution < -0.4 is 4.72 Å². The number of nitrogens with one attached hydrogen (secondary N) is 1. The second kappa shape index (κ2) is 12.6. The summed E-state index contributed by atoms with van der Waals surface area (Å²) in [5.41, 5.74) is 1.69. The van der Waals surface area contributed by atoms with Crippen LogP contribution in [0.1, 0.15) is 82.3 Å². The number of hydrogen-bond donors (Lipinski definition) is 1. The Morgan fingerprint density at radius 3 is 2.10 bits per heavy atom. The summed E-state index contributed by atoms with van der Waals surface area (Å²) in [7, 11) is -3.64. The Labute approximate surface area is 177 Å². The molecule has 1 heterocycles. The molecule has 29 heavy (non-hydrogen) atoms. The standard InChI is InChI=1S/C24H36N2O2S/c1-3-4-5-6-7-8-9-10-11-12-17-22-18-13-14-19-23(22)29(27,28)26-24-21(2)16-15-20-25-24/h13-16,18-20H,3-12,17H2,1-2H3,(H,25,26). The number of aromatic nitrogens is 1. The third-order valence-electron chi connectivity index (χ3n) is 5.30. The Balaban J connectivity index is 1.82.